The second-order valence-corrected chi connectivity index (χ2v) is 6.34. The van der Waals surface area contributed by atoms with Gasteiger partial charge in [0.25, 0.3) is 0 Å². The van der Waals surface area contributed by atoms with Gasteiger partial charge < -0.3 is 10.6 Å². The second-order valence-electron chi connectivity index (χ2n) is 5.52. The summed E-state index contributed by atoms with van der Waals surface area (Å²) in [5.74, 6) is 0.680. The van der Waals surface area contributed by atoms with Crippen molar-refractivity contribution in [1.82, 2.24) is 5.32 Å². The number of hydrogen-bond donors (Lipinski definition) is 2. The fourth-order valence-electron chi connectivity index (χ4n) is 2.72. The lowest BCUT2D eigenvalue weighted by Crippen LogP contribution is -2.34. The van der Waals surface area contributed by atoms with Crippen molar-refractivity contribution < 1.29 is 4.79 Å². The molecule has 21 heavy (non-hydrogen) atoms. The van der Waals surface area contributed by atoms with Crippen LogP contribution in [0.2, 0.25) is 5.02 Å². The quantitative estimate of drug-likeness (QED) is 0.800. The van der Waals surface area contributed by atoms with Crippen molar-refractivity contribution in [3.05, 3.63) is 29.3 Å². The first-order valence-corrected chi connectivity index (χ1v) is 8.29. The number of para-hydroxylation sites is 1. The van der Waals surface area contributed by atoms with Crippen LogP contribution in [-0.2, 0) is 4.79 Å². The third-order valence-electron chi connectivity index (χ3n) is 3.88. The highest BCUT2D eigenvalue weighted by molar-refractivity contribution is 7.80. The van der Waals surface area contributed by atoms with Crippen LogP contribution in [0.15, 0.2) is 24.3 Å². The van der Waals surface area contributed by atoms with E-state index in [-0.39, 0.29) is 5.91 Å². The standard InChI is InChI=1S/C16H21ClN2OS/c17-13-8-4-5-9-14(13)18-16(21)19-15(20)11-10-12-6-2-1-3-7-12/h4-5,8-9,12H,1-3,6-7,10-11H2,(H2,18,19,20,21). The summed E-state index contributed by atoms with van der Waals surface area (Å²) in [7, 11) is 0. The molecule has 2 N–H and O–H groups in total. The molecule has 1 aromatic rings. The van der Waals surface area contributed by atoms with Crippen LogP contribution in [0.1, 0.15) is 44.9 Å². The van der Waals surface area contributed by atoms with E-state index in [4.69, 9.17) is 23.8 Å². The molecule has 0 bridgehead atoms. The van der Waals surface area contributed by atoms with Crippen molar-refractivity contribution in [2.24, 2.45) is 5.92 Å². The number of thiocarbonyl (C=S) groups is 1. The first kappa shape index (κ1) is 16.2. The first-order valence-electron chi connectivity index (χ1n) is 7.50. The molecule has 0 radical (unpaired) electrons. The van der Waals surface area contributed by atoms with E-state index in [1.54, 1.807) is 6.07 Å². The molecule has 0 aliphatic heterocycles. The van der Waals surface area contributed by atoms with E-state index in [1.807, 2.05) is 18.2 Å². The summed E-state index contributed by atoms with van der Waals surface area (Å²) in [5.41, 5.74) is 0.705. The fourth-order valence-corrected chi connectivity index (χ4v) is 3.12. The van der Waals surface area contributed by atoms with Gasteiger partial charge in [0.2, 0.25) is 5.91 Å². The van der Waals surface area contributed by atoms with Gasteiger partial charge in [0.1, 0.15) is 0 Å². The van der Waals surface area contributed by atoms with Crippen molar-refractivity contribution >= 4 is 40.5 Å². The zero-order valence-corrected chi connectivity index (χ0v) is 13.6. The number of nitrogens with one attached hydrogen (secondary N) is 2. The average Bonchev–Trinajstić information content (AvgIpc) is 2.48. The van der Waals surface area contributed by atoms with Gasteiger partial charge >= 0.3 is 0 Å². The molecule has 114 valence electrons. The van der Waals surface area contributed by atoms with Gasteiger partial charge in [-0.2, -0.15) is 0 Å². The van der Waals surface area contributed by atoms with Crippen molar-refractivity contribution in [2.75, 3.05) is 5.32 Å². The van der Waals surface area contributed by atoms with Crippen LogP contribution in [0.5, 0.6) is 0 Å². The van der Waals surface area contributed by atoms with Crippen molar-refractivity contribution in [3.63, 3.8) is 0 Å². The molecule has 0 heterocycles. The maximum Gasteiger partial charge on any atom is 0.226 e. The average molecular weight is 325 g/mol. The molecule has 0 saturated heterocycles. The molecule has 3 nitrogen and oxygen atoms in total. The van der Waals surface area contributed by atoms with Crippen molar-refractivity contribution in [3.8, 4) is 0 Å². The summed E-state index contributed by atoms with van der Waals surface area (Å²) < 4.78 is 0. The zero-order valence-electron chi connectivity index (χ0n) is 12.0. The van der Waals surface area contributed by atoms with Gasteiger partial charge in [0.05, 0.1) is 10.7 Å². The van der Waals surface area contributed by atoms with Gasteiger partial charge in [0.15, 0.2) is 5.11 Å². The molecule has 2 rings (SSSR count). The molecular weight excluding hydrogens is 304 g/mol. The van der Waals surface area contributed by atoms with Crippen LogP contribution in [0.25, 0.3) is 0 Å². The van der Waals surface area contributed by atoms with Crippen LogP contribution < -0.4 is 10.6 Å². The monoisotopic (exact) mass is 324 g/mol. The summed E-state index contributed by atoms with van der Waals surface area (Å²) in [6.45, 7) is 0. The lowest BCUT2D eigenvalue weighted by atomic mass is 9.86. The third-order valence-corrected chi connectivity index (χ3v) is 4.41. The van der Waals surface area contributed by atoms with Gasteiger partial charge in [-0.25, -0.2) is 0 Å². The molecule has 0 unspecified atom stereocenters. The Balaban J connectivity index is 1.72. The highest BCUT2D eigenvalue weighted by Crippen LogP contribution is 2.27. The Bertz CT molecular complexity index is 501. The fraction of sp³-hybridized carbons (Fsp3) is 0.500. The van der Waals surface area contributed by atoms with Crippen LogP contribution >= 0.6 is 23.8 Å². The molecule has 5 heteroatoms. The normalized spacial score (nSPS) is 15.5. The molecule has 1 saturated carbocycles. The van der Waals surface area contributed by atoms with E-state index in [0.29, 0.717) is 28.2 Å². The SMILES string of the molecule is O=C(CCC1CCCCC1)NC(=S)Nc1ccccc1Cl. The summed E-state index contributed by atoms with van der Waals surface area (Å²) in [4.78, 5) is 11.9. The summed E-state index contributed by atoms with van der Waals surface area (Å²) in [6.07, 6.45) is 7.97. The Kier molecular flexibility index (Phi) is 6.46. The number of carbonyl (C=O) groups is 1. The maximum absolute atomic E-state index is 11.9. The Labute approximate surface area is 136 Å². The topological polar surface area (TPSA) is 41.1 Å². The lowest BCUT2D eigenvalue weighted by Gasteiger charge is -2.21. The van der Waals surface area contributed by atoms with E-state index in [2.05, 4.69) is 10.6 Å². The molecule has 0 atom stereocenters. The van der Waals surface area contributed by atoms with E-state index in [0.717, 1.165) is 6.42 Å². The Hall–Kier alpha value is -1.13. The largest absolute Gasteiger partial charge is 0.331 e. The van der Waals surface area contributed by atoms with E-state index < -0.39 is 0 Å². The zero-order chi connectivity index (χ0) is 15.1. The molecule has 1 amide bonds. The van der Waals surface area contributed by atoms with Gasteiger partial charge in [0, 0.05) is 6.42 Å². The van der Waals surface area contributed by atoms with E-state index in [9.17, 15) is 4.79 Å². The smallest absolute Gasteiger partial charge is 0.226 e. The van der Waals surface area contributed by atoms with Crippen LogP contribution in [0.3, 0.4) is 0 Å². The number of rotatable bonds is 4. The van der Waals surface area contributed by atoms with Gasteiger partial charge in [-0.15, -0.1) is 0 Å². The molecule has 0 aromatic heterocycles. The van der Waals surface area contributed by atoms with Crippen LogP contribution in [0.4, 0.5) is 5.69 Å². The predicted octanol–water partition coefficient (Wildman–Crippen LogP) is 4.51. The number of carbonyl (C=O) groups excluding carboxylic acids is 1. The van der Waals surface area contributed by atoms with Crippen LogP contribution in [-0.4, -0.2) is 11.0 Å². The van der Waals surface area contributed by atoms with Gasteiger partial charge in [-0.05, 0) is 36.7 Å². The molecular formula is C16H21ClN2OS. The van der Waals surface area contributed by atoms with E-state index >= 15 is 0 Å². The first-order chi connectivity index (χ1) is 10.1. The minimum atomic E-state index is -0.0230. The Morgan fingerprint density at radius 2 is 1.95 bits per heavy atom. The molecule has 0 spiro atoms. The minimum Gasteiger partial charge on any atom is -0.331 e. The number of benzene rings is 1. The predicted molar refractivity (Wildman–Crippen MR) is 91.6 cm³/mol. The Morgan fingerprint density at radius 1 is 1.24 bits per heavy atom. The highest BCUT2D eigenvalue weighted by atomic mass is 35.5. The summed E-state index contributed by atoms with van der Waals surface area (Å²) in [6, 6.07) is 7.31. The molecule has 1 aromatic carbocycles. The number of anilines is 1. The van der Waals surface area contributed by atoms with Gasteiger partial charge in [-0.1, -0.05) is 55.8 Å². The number of halogens is 1. The molecule has 1 aliphatic rings. The minimum absolute atomic E-state index is 0.0230. The summed E-state index contributed by atoms with van der Waals surface area (Å²) >= 11 is 11.2. The maximum atomic E-state index is 11.9. The molecule has 1 fully saturated rings. The van der Waals surface area contributed by atoms with Crippen molar-refractivity contribution in [2.45, 2.75) is 44.9 Å². The number of amides is 1. The highest BCUT2D eigenvalue weighted by Gasteiger charge is 2.15. The van der Waals surface area contributed by atoms with Crippen molar-refractivity contribution in [1.29, 1.82) is 0 Å². The lowest BCUT2D eigenvalue weighted by molar-refractivity contribution is -0.120. The second kappa shape index (κ2) is 8.35. The summed E-state index contributed by atoms with van der Waals surface area (Å²) in [5, 5.41) is 6.55. The van der Waals surface area contributed by atoms with Crippen LogP contribution in [0, 0.1) is 5.92 Å². The van der Waals surface area contributed by atoms with E-state index in [1.165, 1.54) is 32.1 Å². The number of hydrogen-bond acceptors (Lipinski definition) is 2. The third kappa shape index (κ3) is 5.64. The van der Waals surface area contributed by atoms with Gasteiger partial charge in [-0.3, -0.25) is 4.79 Å². The Morgan fingerprint density at radius 3 is 2.67 bits per heavy atom. The molecule has 1 aliphatic carbocycles.